The van der Waals surface area contributed by atoms with Gasteiger partial charge >= 0.3 is 0 Å². The number of hydrogen-bond acceptors (Lipinski definition) is 4. The Bertz CT molecular complexity index is 888. The Morgan fingerprint density at radius 2 is 1.96 bits per heavy atom. The van der Waals surface area contributed by atoms with Crippen molar-refractivity contribution in [2.75, 3.05) is 7.05 Å². The quantitative estimate of drug-likeness (QED) is 0.793. The fraction of sp³-hybridized carbons (Fsp3) is 0.167. The monoisotopic (exact) mass is 339 g/mol. The van der Waals surface area contributed by atoms with Crippen LogP contribution in [0.25, 0.3) is 11.3 Å². The van der Waals surface area contributed by atoms with E-state index in [1.807, 2.05) is 42.6 Å². The Hall–Kier alpha value is -2.73. The number of thiazole rings is 1. The van der Waals surface area contributed by atoms with E-state index in [2.05, 4.69) is 9.97 Å². The van der Waals surface area contributed by atoms with Gasteiger partial charge in [-0.1, -0.05) is 30.3 Å². The highest BCUT2D eigenvalue weighted by Gasteiger charge is 2.22. The zero-order valence-electron chi connectivity index (χ0n) is 13.4. The molecule has 1 amide bonds. The van der Waals surface area contributed by atoms with E-state index in [4.69, 9.17) is 0 Å². The molecule has 0 saturated carbocycles. The normalized spacial score (nSPS) is 11.9. The molecular weight excluding hydrogens is 322 g/mol. The van der Waals surface area contributed by atoms with E-state index in [-0.39, 0.29) is 23.1 Å². The Morgan fingerprint density at radius 3 is 2.58 bits per heavy atom. The van der Waals surface area contributed by atoms with Crippen LogP contribution >= 0.6 is 11.3 Å². The molecule has 24 heavy (non-hydrogen) atoms. The first-order chi connectivity index (χ1) is 11.6. The van der Waals surface area contributed by atoms with Crippen molar-refractivity contribution in [1.82, 2.24) is 14.9 Å². The van der Waals surface area contributed by atoms with E-state index in [9.17, 15) is 9.59 Å². The number of amides is 1. The molecule has 1 N–H and O–H groups in total. The van der Waals surface area contributed by atoms with Crippen LogP contribution in [0.2, 0.25) is 0 Å². The van der Waals surface area contributed by atoms with Gasteiger partial charge in [-0.3, -0.25) is 9.59 Å². The number of pyridine rings is 1. The van der Waals surface area contributed by atoms with Gasteiger partial charge in [-0.15, -0.1) is 11.3 Å². The van der Waals surface area contributed by atoms with Crippen LogP contribution in [0.1, 0.15) is 28.3 Å². The fourth-order valence-electron chi connectivity index (χ4n) is 2.40. The predicted octanol–water partition coefficient (Wildman–Crippen LogP) is 3.33. The molecule has 0 aliphatic heterocycles. The number of aromatic nitrogens is 2. The molecule has 6 heteroatoms. The van der Waals surface area contributed by atoms with Crippen molar-refractivity contribution in [1.29, 1.82) is 0 Å². The SMILES string of the molecule is C[C@@H](c1nccs1)N(C)C(=O)c1ccc(-c2ccccc2)[nH]c1=O. The Labute approximate surface area is 143 Å². The lowest BCUT2D eigenvalue weighted by atomic mass is 10.1. The number of benzene rings is 1. The third-order valence-electron chi connectivity index (χ3n) is 3.93. The van der Waals surface area contributed by atoms with E-state index in [0.29, 0.717) is 5.69 Å². The Morgan fingerprint density at radius 1 is 1.21 bits per heavy atom. The Kier molecular flexibility index (Phi) is 4.57. The smallest absolute Gasteiger partial charge is 0.261 e. The third kappa shape index (κ3) is 3.14. The maximum absolute atomic E-state index is 12.6. The van der Waals surface area contributed by atoms with Gasteiger partial charge < -0.3 is 9.88 Å². The molecule has 1 aromatic carbocycles. The van der Waals surface area contributed by atoms with Crippen molar-refractivity contribution in [3.8, 4) is 11.3 Å². The number of carbonyl (C=O) groups is 1. The van der Waals surface area contributed by atoms with E-state index in [1.165, 1.54) is 16.2 Å². The van der Waals surface area contributed by atoms with Crippen molar-refractivity contribution < 1.29 is 4.79 Å². The zero-order chi connectivity index (χ0) is 17.1. The van der Waals surface area contributed by atoms with Gasteiger partial charge in [0, 0.05) is 24.3 Å². The molecule has 0 fully saturated rings. The van der Waals surface area contributed by atoms with Crippen molar-refractivity contribution >= 4 is 17.2 Å². The molecular formula is C18H17N3O2S. The summed E-state index contributed by atoms with van der Waals surface area (Å²) in [4.78, 5) is 33.5. The molecule has 3 aromatic rings. The molecule has 0 spiro atoms. The topological polar surface area (TPSA) is 66.1 Å². The lowest BCUT2D eigenvalue weighted by Gasteiger charge is -2.23. The van der Waals surface area contributed by atoms with Crippen LogP contribution < -0.4 is 5.56 Å². The number of nitrogens with one attached hydrogen (secondary N) is 1. The summed E-state index contributed by atoms with van der Waals surface area (Å²) in [5.74, 6) is -0.321. The molecule has 122 valence electrons. The average Bonchev–Trinajstić information content (AvgIpc) is 3.15. The summed E-state index contributed by atoms with van der Waals surface area (Å²) in [5.41, 5.74) is 1.33. The van der Waals surface area contributed by atoms with Gasteiger partial charge in [-0.05, 0) is 24.6 Å². The summed E-state index contributed by atoms with van der Waals surface area (Å²) in [5, 5.41) is 2.70. The number of rotatable bonds is 4. The molecule has 2 heterocycles. The lowest BCUT2D eigenvalue weighted by Crippen LogP contribution is -2.33. The van der Waals surface area contributed by atoms with Crippen LogP contribution in [0.15, 0.2) is 58.8 Å². The molecule has 0 aliphatic carbocycles. The molecule has 0 saturated heterocycles. The second-order valence-electron chi connectivity index (χ2n) is 5.44. The maximum Gasteiger partial charge on any atom is 0.261 e. The first kappa shape index (κ1) is 16.1. The van der Waals surface area contributed by atoms with Gasteiger partial charge in [0.25, 0.3) is 11.5 Å². The number of carbonyl (C=O) groups excluding carboxylic acids is 1. The maximum atomic E-state index is 12.6. The van der Waals surface area contributed by atoms with Crippen LogP contribution in [-0.2, 0) is 0 Å². The second-order valence-corrected chi connectivity index (χ2v) is 6.37. The van der Waals surface area contributed by atoms with Gasteiger partial charge in [0.15, 0.2) is 0 Å². The van der Waals surface area contributed by atoms with Crippen LogP contribution in [0.5, 0.6) is 0 Å². The van der Waals surface area contributed by atoms with Crippen molar-refractivity contribution in [3.63, 3.8) is 0 Å². The van der Waals surface area contributed by atoms with E-state index in [0.717, 1.165) is 10.6 Å². The molecule has 0 aliphatic rings. The van der Waals surface area contributed by atoms with Crippen LogP contribution in [0.3, 0.4) is 0 Å². The van der Waals surface area contributed by atoms with Crippen molar-refractivity contribution in [3.05, 3.63) is 75.0 Å². The molecule has 5 nitrogen and oxygen atoms in total. The summed E-state index contributed by atoms with van der Waals surface area (Å²) in [6.07, 6.45) is 1.70. The second kappa shape index (κ2) is 6.80. The van der Waals surface area contributed by atoms with Crippen LogP contribution in [-0.4, -0.2) is 27.8 Å². The van der Waals surface area contributed by atoms with Crippen molar-refractivity contribution in [2.45, 2.75) is 13.0 Å². The van der Waals surface area contributed by atoms with Gasteiger partial charge in [0.05, 0.1) is 6.04 Å². The summed E-state index contributed by atoms with van der Waals surface area (Å²) >= 11 is 1.48. The number of nitrogens with zero attached hydrogens (tertiary/aromatic N) is 2. The molecule has 3 rings (SSSR count). The highest BCUT2D eigenvalue weighted by molar-refractivity contribution is 7.09. The summed E-state index contributed by atoms with van der Waals surface area (Å²) in [7, 11) is 1.68. The van der Waals surface area contributed by atoms with Gasteiger partial charge in [0.2, 0.25) is 0 Å². The number of aromatic amines is 1. The molecule has 0 bridgehead atoms. The van der Waals surface area contributed by atoms with Gasteiger partial charge in [-0.2, -0.15) is 0 Å². The van der Waals surface area contributed by atoms with E-state index >= 15 is 0 Å². The van der Waals surface area contributed by atoms with Gasteiger partial charge in [-0.25, -0.2) is 4.98 Å². The summed E-state index contributed by atoms with van der Waals surface area (Å²) in [6, 6.07) is 12.7. The van der Waals surface area contributed by atoms with Crippen LogP contribution in [0.4, 0.5) is 0 Å². The first-order valence-corrected chi connectivity index (χ1v) is 8.41. The predicted molar refractivity (Wildman–Crippen MR) is 95.1 cm³/mol. The standard InChI is InChI=1S/C18H17N3O2S/c1-12(17-19-10-11-24-17)21(2)18(23)14-8-9-15(20-16(14)22)13-6-4-3-5-7-13/h3-12H,1-2H3,(H,20,22)/t12-/m0/s1. The van der Waals surface area contributed by atoms with Gasteiger partial charge in [0.1, 0.15) is 10.6 Å². The van der Waals surface area contributed by atoms with Crippen molar-refractivity contribution in [2.24, 2.45) is 0 Å². The minimum atomic E-state index is -0.389. The average molecular weight is 339 g/mol. The Balaban J connectivity index is 1.87. The zero-order valence-corrected chi connectivity index (χ0v) is 14.2. The molecule has 1 atom stereocenters. The largest absolute Gasteiger partial charge is 0.332 e. The minimum absolute atomic E-state index is 0.126. The molecule has 2 aromatic heterocycles. The number of H-pyrrole nitrogens is 1. The van der Waals surface area contributed by atoms with E-state index < -0.39 is 0 Å². The van der Waals surface area contributed by atoms with Crippen LogP contribution in [0, 0.1) is 0 Å². The highest BCUT2D eigenvalue weighted by Crippen LogP contribution is 2.22. The third-order valence-corrected chi connectivity index (χ3v) is 4.88. The summed E-state index contributed by atoms with van der Waals surface area (Å²) in [6.45, 7) is 1.89. The highest BCUT2D eigenvalue weighted by atomic mass is 32.1. The molecule has 0 unspecified atom stereocenters. The minimum Gasteiger partial charge on any atom is -0.332 e. The van der Waals surface area contributed by atoms with E-state index in [1.54, 1.807) is 25.4 Å². The first-order valence-electron chi connectivity index (χ1n) is 7.53. The fourth-order valence-corrected chi connectivity index (χ4v) is 3.14. The molecule has 0 radical (unpaired) electrons. The summed E-state index contributed by atoms with van der Waals surface area (Å²) < 4.78 is 0. The lowest BCUT2D eigenvalue weighted by molar-refractivity contribution is 0.0740. The number of hydrogen-bond donors (Lipinski definition) is 1.